The molecule has 0 radical (unpaired) electrons. The van der Waals surface area contributed by atoms with Gasteiger partial charge in [0.1, 0.15) is 5.75 Å². The summed E-state index contributed by atoms with van der Waals surface area (Å²) < 4.78 is 20.7. The normalized spacial score (nSPS) is 11.7. The van der Waals surface area contributed by atoms with Crippen LogP contribution >= 0.6 is 0 Å². The maximum atomic E-state index is 14.3. The summed E-state index contributed by atoms with van der Waals surface area (Å²) in [6, 6.07) is 9.86. The number of unbranched alkanes of at least 4 members (excludes halogenated alkanes) is 6. The van der Waals surface area contributed by atoms with Crippen LogP contribution in [0.25, 0.3) is 0 Å². The SMILES string of the molecule is CCCCCCCCCC(=O)OC(OC(=O)N(C(=O)c1cccc(OC)c1C)N(C(=O)c1cc(C)cc(C)c1)C(C)(C)C)C(=O)OC. The van der Waals surface area contributed by atoms with Crippen molar-refractivity contribution in [3.63, 3.8) is 0 Å². The molecule has 1 unspecified atom stereocenters. The van der Waals surface area contributed by atoms with E-state index in [-0.39, 0.29) is 17.5 Å². The first-order valence-corrected chi connectivity index (χ1v) is 16.0. The fourth-order valence-corrected chi connectivity index (χ4v) is 5.12. The Morgan fingerprint density at radius 1 is 0.787 bits per heavy atom. The van der Waals surface area contributed by atoms with Crippen molar-refractivity contribution >= 4 is 29.8 Å². The fraction of sp³-hybridized carbons (Fsp3) is 0.528. The molecular formula is C36H50N2O9. The molecule has 0 aliphatic heterocycles. The van der Waals surface area contributed by atoms with Crippen LogP contribution in [-0.2, 0) is 23.8 Å². The number of methoxy groups -OCH3 is 2. The molecule has 11 nitrogen and oxygen atoms in total. The van der Waals surface area contributed by atoms with E-state index in [0.29, 0.717) is 22.7 Å². The van der Waals surface area contributed by atoms with E-state index < -0.39 is 41.7 Å². The molecule has 0 heterocycles. The zero-order valence-electron chi connectivity index (χ0n) is 29.3. The lowest BCUT2D eigenvalue weighted by molar-refractivity contribution is -0.192. The molecule has 0 saturated heterocycles. The lowest BCUT2D eigenvalue weighted by Gasteiger charge is -2.41. The molecule has 0 aliphatic rings. The molecule has 0 bridgehead atoms. The van der Waals surface area contributed by atoms with Gasteiger partial charge >= 0.3 is 24.3 Å². The number of hydrogen-bond donors (Lipinski definition) is 0. The van der Waals surface area contributed by atoms with Crippen LogP contribution in [0.4, 0.5) is 4.79 Å². The fourth-order valence-electron chi connectivity index (χ4n) is 5.12. The average Bonchev–Trinajstić information content (AvgIpc) is 3.00. The minimum atomic E-state index is -2.12. The minimum Gasteiger partial charge on any atom is -0.496 e. The van der Waals surface area contributed by atoms with Gasteiger partial charge in [-0.1, -0.05) is 68.7 Å². The number of carbonyl (C=O) groups excluding carboxylic acids is 5. The molecule has 2 rings (SSSR count). The monoisotopic (exact) mass is 654 g/mol. The minimum absolute atomic E-state index is 0.0101. The quantitative estimate of drug-likeness (QED) is 0.0896. The Balaban J connectivity index is 2.50. The van der Waals surface area contributed by atoms with Crippen molar-refractivity contribution in [1.82, 2.24) is 10.0 Å². The number of benzene rings is 2. The van der Waals surface area contributed by atoms with Gasteiger partial charge in [-0.2, -0.15) is 0 Å². The Bertz CT molecular complexity index is 1390. The van der Waals surface area contributed by atoms with Crippen LogP contribution in [0.1, 0.15) is 116 Å². The molecule has 0 saturated carbocycles. The van der Waals surface area contributed by atoms with Gasteiger partial charge in [0, 0.05) is 23.1 Å². The summed E-state index contributed by atoms with van der Waals surface area (Å²) in [4.78, 5) is 67.9. The number of carbonyl (C=O) groups is 5. The van der Waals surface area contributed by atoms with Crippen molar-refractivity contribution in [2.45, 2.75) is 112 Å². The number of aryl methyl sites for hydroxylation is 2. The van der Waals surface area contributed by atoms with Crippen molar-refractivity contribution in [2.24, 2.45) is 0 Å². The van der Waals surface area contributed by atoms with Gasteiger partial charge in [0.2, 0.25) is 0 Å². The second kappa shape index (κ2) is 18.1. The highest BCUT2D eigenvalue weighted by Gasteiger charge is 2.43. The summed E-state index contributed by atoms with van der Waals surface area (Å²) in [7, 11) is 2.48. The number of amides is 3. The molecule has 11 heteroatoms. The predicted molar refractivity (Wildman–Crippen MR) is 177 cm³/mol. The number of ether oxygens (including phenoxy) is 4. The van der Waals surface area contributed by atoms with Gasteiger partial charge in [0.25, 0.3) is 11.8 Å². The van der Waals surface area contributed by atoms with E-state index in [1.807, 2.05) is 19.9 Å². The van der Waals surface area contributed by atoms with E-state index >= 15 is 0 Å². The van der Waals surface area contributed by atoms with Crippen LogP contribution in [0, 0.1) is 20.8 Å². The summed E-state index contributed by atoms with van der Waals surface area (Å²) in [5.41, 5.74) is 1.07. The zero-order valence-corrected chi connectivity index (χ0v) is 29.3. The molecule has 2 aromatic carbocycles. The van der Waals surface area contributed by atoms with Crippen molar-refractivity contribution in [3.8, 4) is 5.75 Å². The number of nitrogens with zero attached hydrogens (tertiary/aromatic N) is 2. The Morgan fingerprint density at radius 2 is 1.38 bits per heavy atom. The molecule has 0 spiro atoms. The molecule has 0 N–H and O–H groups in total. The van der Waals surface area contributed by atoms with Gasteiger partial charge < -0.3 is 18.9 Å². The highest BCUT2D eigenvalue weighted by atomic mass is 16.7. The van der Waals surface area contributed by atoms with Crippen LogP contribution in [0.2, 0.25) is 0 Å². The molecule has 0 aliphatic carbocycles. The molecule has 1 atom stereocenters. The van der Waals surface area contributed by atoms with Crippen LogP contribution < -0.4 is 4.74 Å². The van der Waals surface area contributed by atoms with E-state index in [1.54, 1.807) is 52.0 Å². The third-order valence-electron chi connectivity index (χ3n) is 7.42. The third-order valence-corrected chi connectivity index (χ3v) is 7.42. The molecular weight excluding hydrogens is 604 g/mol. The Hall–Kier alpha value is -4.41. The molecule has 3 amide bonds. The van der Waals surface area contributed by atoms with Crippen LogP contribution in [0.5, 0.6) is 5.75 Å². The summed E-state index contributed by atoms with van der Waals surface area (Å²) in [5, 5.41) is 1.50. The predicted octanol–water partition coefficient (Wildman–Crippen LogP) is 7.24. The first-order chi connectivity index (χ1) is 22.2. The number of hydrogen-bond acceptors (Lipinski definition) is 9. The van der Waals surface area contributed by atoms with Gasteiger partial charge in [-0.05, 0) is 72.2 Å². The number of esters is 2. The van der Waals surface area contributed by atoms with Crippen LogP contribution in [0.3, 0.4) is 0 Å². The van der Waals surface area contributed by atoms with Crippen LogP contribution in [-0.4, -0.2) is 65.9 Å². The number of hydrazine groups is 1. The lowest BCUT2D eigenvalue weighted by Crippen LogP contribution is -2.61. The van der Waals surface area contributed by atoms with E-state index in [9.17, 15) is 24.0 Å². The molecule has 0 fully saturated rings. The standard InChI is InChI=1S/C36H50N2O9/c1-10-11-12-13-14-15-16-20-30(39)46-34(33(42)45-9)47-35(43)37(32(41)28-18-17-19-29(44-8)26(28)4)38(36(5,6)7)31(40)27-22-24(2)21-25(3)23-27/h17-19,21-23,34H,10-16,20H2,1-9H3. The second-order valence-corrected chi connectivity index (χ2v) is 12.5. The molecule has 47 heavy (non-hydrogen) atoms. The molecule has 258 valence electrons. The lowest BCUT2D eigenvalue weighted by atomic mass is 10.0. The second-order valence-electron chi connectivity index (χ2n) is 12.5. The van der Waals surface area contributed by atoms with Crippen molar-refractivity contribution in [1.29, 1.82) is 0 Å². The van der Waals surface area contributed by atoms with E-state index in [0.717, 1.165) is 61.8 Å². The van der Waals surface area contributed by atoms with Gasteiger partial charge in [-0.3, -0.25) is 14.4 Å². The van der Waals surface area contributed by atoms with Gasteiger partial charge in [0.15, 0.2) is 0 Å². The van der Waals surface area contributed by atoms with Gasteiger partial charge in [0.05, 0.1) is 19.8 Å². The Morgan fingerprint density at radius 3 is 1.94 bits per heavy atom. The first-order valence-electron chi connectivity index (χ1n) is 16.0. The summed E-state index contributed by atoms with van der Waals surface area (Å²) >= 11 is 0. The zero-order chi connectivity index (χ0) is 35.3. The highest BCUT2D eigenvalue weighted by Crippen LogP contribution is 2.28. The maximum absolute atomic E-state index is 14.3. The molecule has 2 aromatic rings. The van der Waals surface area contributed by atoms with Crippen molar-refractivity contribution in [3.05, 3.63) is 64.2 Å². The van der Waals surface area contributed by atoms with Crippen LogP contribution in [0.15, 0.2) is 36.4 Å². The van der Waals surface area contributed by atoms with Crippen molar-refractivity contribution in [2.75, 3.05) is 14.2 Å². The maximum Gasteiger partial charge on any atom is 0.440 e. The smallest absolute Gasteiger partial charge is 0.440 e. The van der Waals surface area contributed by atoms with E-state index in [2.05, 4.69) is 6.92 Å². The highest BCUT2D eigenvalue weighted by molar-refractivity contribution is 6.07. The topological polar surface area (TPSA) is 129 Å². The van der Waals surface area contributed by atoms with E-state index in [4.69, 9.17) is 18.9 Å². The third kappa shape index (κ3) is 11.1. The average molecular weight is 655 g/mol. The van der Waals surface area contributed by atoms with Crippen molar-refractivity contribution < 1.29 is 42.9 Å². The first kappa shape index (κ1) is 38.8. The van der Waals surface area contributed by atoms with Gasteiger partial charge in [-0.25, -0.2) is 14.6 Å². The number of imide groups is 1. The molecule has 0 aromatic heterocycles. The largest absolute Gasteiger partial charge is 0.496 e. The summed E-state index contributed by atoms with van der Waals surface area (Å²) in [5.74, 6) is -3.18. The van der Waals surface area contributed by atoms with E-state index in [1.165, 1.54) is 13.2 Å². The Kier molecular flexibility index (Phi) is 14.9. The number of rotatable bonds is 14. The van der Waals surface area contributed by atoms with Gasteiger partial charge in [-0.15, -0.1) is 5.01 Å². The summed E-state index contributed by atoms with van der Waals surface area (Å²) in [6.45, 7) is 12.3. The summed E-state index contributed by atoms with van der Waals surface area (Å²) in [6.07, 6.45) is 3.21. The Labute approximate surface area is 278 Å².